The summed E-state index contributed by atoms with van der Waals surface area (Å²) in [5, 5.41) is 8.77. The molecule has 1 aliphatic carbocycles. The predicted octanol–water partition coefficient (Wildman–Crippen LogP) is 12.8. The fraction of sp³-hybridized carbons (Fsp3) is 0.136. The average Bonchev–Trinajstić information content (AvgIpc) is 3.84. The summed E-state index contributed by atoms with van der Waals surface area (Å²) in [7, 11) is 0. The zero-order chi connectivity index (χ0) is 32.1. The summed E-state index contributed by atoms with van der Waals surface area (Å²) in [6.45, 7) is 0. The van der Waals surface area contributed by atoms with Crippen LogP contribution in [0.25, 0.3) is 97.3 Å². The smallest absolute Gasteiger partial charge is 0.246 e. The molecule has 0 bridgehead atoms. The molecule has 5 heteroatoms. The highest BCUT2D eigenvalue weighted by Crippen LogP contribution is 2.45. The molecule has 0 atom stereocenters. The normalized spacial score (nSPS) is 14.4. The van der Waals surface area contributed by atoms with Gasteiger partial charge < -0.3 is 8.98 Å². The van der Waals surface area contributed by atoms with Crippen molar-refractivity contribution in [2.24, 2.45) is 0 Å². The maximum absolute atomic E-state index is 6.24. The van der Waals surface area contributed by atoms with Crippen molar-refractivity contribution in [3.8, 4) is 22.4 Å². The minimum absolute atomic E-state index is 0.566. The van der Waals surface area contributed by atoms with Crippen LogP contribution < -0.4 is 0 Å². The van der Waals surface area contributed by atoms with Crippen LogP contribution in [0, 0.1) is 0 Å². The van der Waals surface area contributed by atoms with Gasteiger partial charge in [0.05, 0.1) is 22.8 Å². The molecule has 0 N–H and O–H groups in total. The molecule has 0 spiro atoms. The molecule has 0 unspecified atom stereocenters. The quantitative estimate of drug-likeness (QED) is 0.191. The standard InChI is InChI=1S/C44H31N3OS/c1-2-12-30(13-3-1)47-36-16-7-6-15-33(36)40-37(47)20-19-32-34-24-28(18-22-39(34)49-43(32)40)27-10-8-11-29(23-27)35-25-45-42-41-31-14-5-4-9-26(31)17-21-38(41)48-44(42)46-35/h4-11,14-25,30H,1-3,12-13H2. The number of thiophene rings is 1. The van der Waals surface area contributed by atoms with Gasteiger partial charge in [0, 0.05) is 48.1 Å². The average molecular weight is 650 g/mol. The third-order valence-corrected chi connectivity index (χ3v) is 12.0. The highest BCUT2D eigenvalue weighted by Gasteiger charge is 2.23. The molecule has 11 rings (SSSR count). The molecule has 1 saturated carbocycles. The number of para-hydroxylation sites is 1. The van der Waals surface area contributed by atoms with E-state index in [0.29, 0.717) is 11.8 Å². The van der Waals surface area contributed by atoms with Gasteiger partial charge in [-0.15, -0.1) is 11.3 Å². The first kappa shape index (κ1) is 27.4. The SMILES string of the molecule is c1cc(-c2ccc3sc4c(ccc5c4c4ccccc4n5C4CCCCC4)c3c2)cc(-c2cnc3c(n2)oc2ccc4ccccc4c23)c1. The topological polar surface area (TPSA) is 43.9 Å². The maximum Gasteiger partial charge on any atom is 0.246 e. The monoisotopic (exact) mass is 649 g/mol. The van der Waals surface area contributed by atoms with Gasteiger partial charge in [0.15, 0.2) is 0 Å². The Morgan fingerprint density at radius 2 is 1.47 bits per heavy atom. The van der Waals surface area contributed by atoms with E-state index in [0.717, 1.165) is 38.7 Å². The number of nitrogens with zero attached hydrogens (tertiary/aromatic N) is 3. The van der Waals surface area contributed by atoms with Crippen molar-refractivity contribution in [1.29, 1.82) is 0 Å². The maximum atomic E-state index is 6.24. The van der Waals surface area contributed by atoms with Gasteiger partial charge in [-0.25, -0.2) is 9.97 Å². The Hall–Kier alpha value is -5.52. The van der Waals surface area contributed by atoms with Gasteiger partial charge >= 0.3 is 0 Å². The van der Waals surface area contributed by atoms with Gasteiger partial charge in [0.1, 0.15) is 11.1 Å². The first-order valence-electron chi connectivity index (χ1n) is 17.3. The van der Waals surface area contributed by atoms with E-state index in [9.17, 15) is 0 Å². The van der Waals surface area contributed by atoms with Gasteiger partial charge in [-0.05, 0) is 71.1 Å². The number of rotatable bonds is 3. The Labute approximate surface area is 286 Å². The van der Waals surface area contributed by atoms with E-state index in [2.05, 4.69) is 114 Å². The number of hydrogen-bond acceptors (Lipinski definition) is 4. The lowest BCUT2D eigenvalue weighted by molar-refractivity contribution is 0.367. The van der Waals surface area contributed by atoms with E-state index in [-0.39, 0.29) is 0 Å². The molecular formula is C44H31N3OS. The van der Waals surface area contributed by atoms with E-state index in [4.69, 9.17) is 14.4 Å². The summed E-state index contributed by atoms with van der Waals surface area (Å²) in [4.78, 5) is 9.85. The van der Waals surface area contributed by atoms with Gasteiger partial charge in [0.25, 0.3) is 0 Å². The Kier molecular flexibility index (Phi) is 5.87. The summed E-state index contributed by atoms with van der Waals surface area (Å²) < 4.78 is 11.6. The zero-order valence-corrected chi connectivity index (χ0v) is 27.6. The van der Waals surface area contributed by atoms with Crippen molar-refractivity contribution < 1.29 is 4.42 Å². The summed E-state index contributed by atoms with van der Waals surface area (Å²) >= 11 is 1.93. The van der Waals surface area contributed by atoms with Crippen molar-refractivity contribution in [2.45, 2.75) is 38.1 Å². The Bertz CT molecular complexity index is 2940. The van der Waals surface area contributed by atoms with Crippen molar-refractivity contribution in [2.75, 3.05) is 0 Å². The third-order valence-electron chi connectivity index (χ3n) is 10.8. The molecule has 6 aromatic carbocycles. The first-order chi connectivity index (χ1) is 24.3. The fourth-order valence-corrected chi connectivity index (χ4v) is 9.76. The minimum Gasteiger partial charge on any atom is -0.436 e. The second kappa shape index (κ2) is 10.5. The number of hydrogen-bond donors (Lipinski definition) is 0. The molecular weight excluding hydrogens is 619 g/mol. The van der Waals surface area contributed by atoms with Crippen LogP contribution >= 0.6 is 11.3 Å². The van der Waals surface area contributed by atoms with Crippen LogP contribution in [0.2, 0.25) is 0 Å². The van der Waals surface area contributed by atoms with E-state index in [1.54, 1.807) is 0 Å². The lowest BCUT2D eigenvalue weighted by Crippen LogP contribution is -2.12. The lowest BCUT2D eigenvalue weighted by atomic mass is 9.95. The van der Waals surface area contributed by atoms with Crippen LogP contribution in [-0.4, -0.2) is 14.5 Å². The summed E-state index contributed by atoms with van der Waals surface area (Å²) in [6, 6.07) is 42.4. The van der Waals surface area contributed by atoms with Gasteiger partial charge in [-0.3, -0.25) is 0 Å². The second-order valence-corrected chi connectivity index (χ2v) is 14.6. The van der Waals surface area contributed by atoms with Crippen molar-refractivity contribution in [3.63, 3.8) is 0 Å². The molecule has 4 aromatic heterocycles. The van der Waals surface area contributed by atoms with E-state index >= 15 is 0 Å². The van der Waals surface area contributed by atoms with Crippen LogP contribution in [0.4, 0.5) is 0 Å². The summed E-state index contributed by atoms with van der Waals surface area (Å²) in [6.07, 6.45) is 8.44. The molecule has 0 radical (unpaired) electrons. The molecule has 0 saturated heterocycles. The predicted molar refractivity (Wildman–Crippen MR) is 206 cm³/mol. The summed E-state index contributed by atoms with van der Waals surface area (Å²) in [5.74, 6) is 0. The minimum atomic E-state index is 0.566. The van der Waals surface area contributed by atoms with Crippen LogP contribution in [0.5, 0.6) is 0 Å². The highest BCUT2D eigenvalue weighted by atomic mass is 32.1. The number of furan rings is 1. The van der Waals surface area contributed by atoms with E-state index < -0.39 is 0 Å². The van der Waals surface area contributed by atoms with Crippen molar-refractivity contribution in [3.05, 3.63) is 121 Å². The van der Waals surface area contributed by atoms with Crippen LogP contribution in [-0.2, 0) is 0 Å². The van der Waals surface area contributed by atoms with Gasteiger partial charge in [-0.2, -0.15) is 0 Å². The van der Waals surface area contributed by atoms with Gasteiger partial charge in [-0.1, -0.05) is 98.1 Å². The first-order valence-corrected chi connectivity index (χ1v) is 18.2. The Morgan fingerprint density at radius 1 is 0.633 bits per heavy atom. The number of benzene rings is 6. The molecule has 1 aliphatic rings. The van der Waals surface area contributed by atoms with Crippen LogP contribution in [0.1, 0.15) is 38.1 Å². The van der Waals surface area contributed by atoms with E-state index in [1.807, 2.05) is 23.6 Å². The molecule has 0 amide bonds. The Morgan fingerprint density at radius 3 is 2.41 bits per heavy atom. The van der Waals surface area contributed by atoms with Crippen molar-refractivity contribution in [1.82, 2.24) is 14.5 Å². The fourth-order valence-electron chi connectivity index (χ4n) is 8.52. The van der Waals surface area contributed by atoms with E-state index in [1.165, 1.54) is 85.0 Å². The third kappa shape index (κ3) is 4.09. The zero-order valence-electron chi connectivity index (χ0n) is 26.8. The summed E-state index contributed by atoms with van der Waals surface area (Å²) in [5.41, 5.74) is 9.12. The van der Waals surface area contributed by atoms with Crippen LogP contribution in [0.15, 0.2) is 126 Å². The molecule has 0 aliphatic heterocycles. The molecule has 4 heterocycles. The van der Waals surface area contributed by atoms with Crippen LogP contribution in [0.3, 0.4) is 0 Å². The number of fused-ring (bicyclic) bond motifs is 12. The molecule has 10 aromatic rings. The lowest BCUT2D eigenvalue weighted by Gasteiger charge is -2.25. The Balaban J connectivity index is 1.03. The molecule has 1 fully saturated rings. The molecule has 4 nitrogen and oxygen atoms in total. The number of aromatic nitrogens is 3. The largest absolute Gasteiger partial charge is 0.436 e. The second-order valence-electron chi connectivity index (χ2n) is 13.6. The van der Waals surface area contributed by atoms with Gasteiger partial charge in [0.2, 0.25) is 5.71 Å². The molecule has 234 valence electrons. The van der Waals surface area contributed by atoms with Crippen molar-refractivity contribution >= 4 is 86.3 Å². The molecule has 49 heavy (non-hydrogen) atoms. The highest BCUT2D eigenvalue weighted by molar-refractivity contribution is 7.26.